The molecular weight excluding hydrogens is 134 g/mol. The molecule has 0 rings (SSSR count). The third-order valence-corrected chi connectivity index (χ3v) is 1.69. The predicted octanol–water partition coefficient (Wildman–Crippen LogP) is 2.52. The zero-order valence-corrected chi connectivity index (χ0v) is 7.94. The Bertz CT molecular complexity index is 176. The highest BCUT2D eigenvalue weighted by Gasteiger charge is 2.12. The molecule has 1 nitrogen and oxygen atoms in total. The van der Waals surface area contributed by atoms with E-state index in [1.165, 1.54) is 5.71 Å². The molecule has 0 aliphatic rings. The fraction of sp³-hybridized carbons (Fsp3) is 0.700. The van der Waals surface area contributed by atoms with E-state index in [-0.39, 0.29) is 5.41 Å². The summed E-state index contributed by atoms with van der Waals surface area (Å²) in [6.45, 7) is 9.28. The monoisotopic (exact) mass is 151 g/mol. The number of rotatable bonds is 2. The Morgan fingerprint density at radius 3 is 2.36 bits per heavy atom. The zero-order valence-electron chi connectivity index (χ0n) is 7.94. The molecule has 0 aromatic rings. The first kappa shape index (κ1) is 10.2. The van der Waals surface area contributed by atoms with Crippen LogP contribution in [0.2, 0.25) is 0 Å². The lowest BCUT2D eigenvalue weighted by atomic mass is 9.91. The molecule has 0 N–H and O–H groups in total. The standard InChI is InChI=1S/C10H17N/c1-6-7-8-11-9(2)10(3,4)5/h1H,7-8H2,2-5H3. The van der Waals surface area contributed by atoms with Crippen LogP contribution in [0, 0.1) is 17.8 Å². The summed E-state index contributed by atoms with van der Waals surface area (Å²) < 4.78 is 0. The number of nitrogens with zero attached hydrogens (tertiary/aromatic N) is 1. The quantitative estimate of drug-likeness (QED) is 0.327. The lowest BCUT2D eigenvalue weighted by Gasteiger charge is -2.17. The minimum absolute atomic E-state index is 0.189. The second-order valence-electron chi connectivity index (χ2n) is 3.67. The SMILES string of the molecule is C#CCCN=C(C)C(C)(C)C. The van der Waals surface area contributed by atoms with E-state index in [0.717, 1.165) is 13.0 Å². The van der Waals surface area contributed by atoms with Gasteiger partial charge in [-0.05, 0) is 12.3 Å². The number of aliphatic imine (C=N–C) groups is 1. The van der Waals surface area contributed by atoms with Crippen molar-refractivity contribution in [1.29, 1.82) is 0 Å². The zero-order chi connectivity index (χ0) is 8.91. The Morgan fingerprint density at radius 1 is 1.45 bits per heavy atom. The molecule has 0 aliphatic carbocycles. The van der Waals surface area contributed by atoms with E-state index in [2.05, 4.69) is 38.6 Å². The molecule has 0 aromatic heterocycles. The summed E-state index contributed by atoms with van der Waals surface area (Å²) in [6, 6.07) is 0. The van der Waals surface area contributed by atoms with Gasteiger partial charge < -0.3 is 0 Å². The molecule has 0 saturated heterocycles. The van der Waals surface area contributed by atoms with Crippen LogP contribution in [-0.4, -0.2) is 12.3 Å². The lowest BCUT2D eigenvalue weighted by molar-refractivity contribution is 0.585. The van der Waals surface area contributed by atoms with Gasteiger partial charge in [-0.1, -0.05) is 20.8 Å². The summed E-state index contributed by atoms with van der Waals surface area (Å²) >= 11 is 0. The van der Waals surface area contributed by atoms with Gasteiger partial charge in [0.25, 0.3) is 0 Å². The second-order valence-corrected chi connectivity index (χ2v) is 3.67. The molecule has 0 atom stereocenters. The van der Waals surface area contributed by atoms with Gasteiger partial charge in [-0.15, -0.1) is 12.3 Å². The van der Waals surface area contributed by atoms with E-state index < -0.39 is 0 Å². The largest absolute Gasteiger partial charge is 0.293 e. The van der Waals surface area contributed by atoms with Crippen molar-refractivity contribution in [2.24, 2.45) is 10.4 Å². The van der Waals surface area contributed by atoms with Gasteiger partial charge in [0.2, 0.25) is 0 Å². The van der Waals surface area contributed by atoms with Crippen molar-refractivity contribution in [2.45, 2.75) is 34.1 Å². The molecule has 0 spiro atoms. The minimum Gasteiger partial charge on any atom is -0.293 e. The number of hydrogen-bond donors (Lipinski definition) is 0. The van der Waals surface area contributed by atoms with Crippen LogP contribution < -0.4 is 0 Å². The molecule has 0 aromatic carbocycles. The summed E-state index contributed by atoms with van der Waals surface area (Å²) in [5.74, 6) is 2.57. The van der Waals surface area contributed by atoms with E-state index in [4.69, 9.17) is 6.42 Å². The first-order valence-corrected chi connectivity index (χ1v) is 3.93. The highest BCUT2D eigenvalue weighted by Crippen LogP contribution is 2.15. The first-order chi connectivity index (χ1) is 4.98. The van der Waals surface area contributed by atoms with E-state index in [0.29, 0.717) is 0 Å². The summed E-state index contributed by atoms with van der Waals surface area (Å²) in [7, 11) is 0. The highest BCUT2D eigenvalue weighted by molar-refractivity contribution is 5.86. The predicted molar refractivity (Wildman–Crippen MR) is 50.9 cm³/mol. The molecule has 0 bridgehead atoms. The van der Waals surface area contributed by atoms with Crippen LogP contribution in [-0.2, 0) is 0 Å². The lowest BCUT2D eigenvalue weighted by Crippen LogP contribution is -2.17. The Hall–Kier alpha value is -0.770. The Kier molecular flexibility index (Phi) is 3.89. The molecule has 11 heavy (non-hydrogen) atoms. The molecule has 0 amide bonds. The molecule has 0 saturated carbocycles. The Labute approximate surface area is 69.9 Å². The maximum absolute atomic E-state index is 5.10. The fourth-order valence-electron chi connectivity index (χ4n) is 0.525. The first-order valence-electron chi connectivity index (χ1n) is 3.93. The highest BCUT2D eigenvalue weighted by atomic mass is 14.7. The number of hydrogen-bond acceptors (Lipinski definition) is 1. The summed E-state index contributed by atoms with van der Waals surface area (Å²) in [6.07, 6.45) is 5.85. The van der Waals surface area contributed by atoms with Crippen LogP contribution in [0.5, 0.6) is 0 Å². The van der Waals surface area contributed by atoms with E-state index in [1.54, 1.807) is 0 Å². The maximum atomic E-state index is 5.10. The van der Waals surface area contributed by atoms with Gasteiger partial charge in [0.1, 0.15) is 0 Å². The van der Waals surface area contributed by atoms with Crippen molar-refractivity contribution in [2.75, 3.05) is 6.54 Å². The van der Waals surface area contributed by atoms with Crippen molar-refractivity contribution in [3.63, 3.8) is 0 Å². The maximum Gasteiger partial charge on any atom is 0.0498 e. The third-order valence-electron chi connectivity index (χ3n) is 1.69. The molecule has 0 unspecified atom stereocenters. The van der Waals surface area contributed by atoms with Gasteiger partial charge in [0, 0.05) is 18.7 Å². The van der Waals surface area contributed by atoms with Gasteiger partial charge in [-0.2, -0.15) is 0 Å². The van der Waals surface area contributed by atoms with E-state index in [9.17, 15) is 0 Å². The van der Waals surface area contributed by atoms with E-state index in [1.807, 2.05) is 0 Å². The average Bonchev–Trinajstić information content (AvgIpc) is 1.86. The van der Waals surface area contributed by atoms with E-state index >= 15 is 0 Å². The second kappa shape index (κ2) is 4.18. The molecule has 0 aliphatic heterocycles. The third kappa shape index (κ3) is 4.61. The van der Waals surface area contributed by atoms with Crippen LogP contribution in [0.3, 0.4) is 0 Å². The fourth-order valence-corrected chi connectivity index (χ4v) is 0.525. The van der Waals surface area contributed by atoms with Gasteiger partial charge in [-0.25, -0.2) is 0 Å². The van der Waals surface area contributed by atoms with Crippen molar-refractivity contribution in [1.82, 2.24) is 0 Å². The topological polar surface area (TPSA) is 12.4 Å². The van der Waals surface area contributed by atoms with Crippen molar-refractivity contribution < 1.29 is 0 Å². The van der Waals surface area contributed by atoms with Crippen molar-refractivity contribution in [3.05, 3.63) is 0 Å². The van der Waals surface area contributed by atoms with Crippen LogP contribution in [0.1, 0.15) is 34.1 Å². The summed E-state index contributed by atoms with van der Waals surface area (Å²) in [4.78, 5) is 4.36. The molecular formula is C10H17N. The molecule has 0 heterocycles. The van der Waals surface area contributed by atoms with Gasteiger partial charge >= 0.3 is 0 Å². The van der Waals surface area contributed by atoms with Crippen LogP contribution in [0.4, 0.5) is 0 Å². The Balaban J connectivity index is 3.93. The molecule has 62 valence electrons. The molecule has 0 radical (unpaired) electrons. The summed E-state index contributed by atoms with van der Waals surface area (Å²) in [5, 5.41) is 0. The van der Waals surface area contributed by atoms with Crippen LogP contribution >= 0.6 is 0 Å². The Morgan fingerprint density at radius 2 is 2.00 bits per heavy atom. The van der Waals surface area contributed by atoms with Crippen molar-refractivity contribution in [3.8, 4) is 12.3 Å². The van der Waals surface area contributed by atoms with Gasteiger partial charge in [0.15, 0.2) is 0 Å². The average molecular weight is 151 g/mol. The summed E-state index contributed by atoms with van der Waals surface area (Å²) in [5.41, 5.74) is 1.36. The smallest absolute Gasteiger partial charge is 0.0498 e. The van der Waals surface area contributed by atoms with Gasteiger partial charge in [0.05, 0.1) is 0 Å². The van der Waals surface area contributed by atoms with Crippen molar-refractivity contribution >= 4 is 5.71 Å². The minimum atomic E-state index is 0.189. The van der Waals surface area contributed by atoms with Gasteiger partial charge in [-0.3, -0.25) is 4.99 Å². The number of terminal acetylenes is 1. The molecule has 0 fully saturated rings. The molecule has 1 heteroatoms. The normalized spacial score (nSPS) is 12.8. The van der Waals surface area contributed by atoms with Crippen LogP contribution in [0.15, 0.2) is 4.99 Å². The van der Waals surface area contributed by atoms with Crippen LogP contribution in [0.25, 0.3) is 0 Å².